The molecule has 0 aromatic heterocycles. The maximum atomic E-state index is 11.9. The van der Waals surface area contributed by atoms with Crippen LogP contribution in [0.4, 0.5) is 0 Å². The molecule has 29 heteroatoms. The second-order valence-corrected chi connectivity index (χ2v) is 32.1. The fourth-order valence-corrected chi connectivity index (χ4v) is 7.06. The SMILES string of the molecule is CC(=O)OC(C)C(=O)OCC(=O)OCCC(C)(C)C.CC(=O)OC(C)COC(C)CC(C)(C)C.CC(=O)OCC(=O)OC(C)C(=O)OC(C)CC(C)(C)C.CC(=O)OCC(C)OC(=O)C(C)OC(=O)C(C)C(C)(C)C.CC(=O)OCCOCCC(C)(C)C.COC(C)C(=O)OCC(=O)OCCC(C)(C)C. The van der Waals surface area contributed by atoms with Crippen LogP contribution in [0.15, 0.2) is 0 Å². The zero-order valence-corrected chi connectivity index (χ0v) is 70.1. The van der Waals surface area contributed by atoms with Crippen molar-refractivity contribution in [1.82, 2.24) is 0 Å². The summed E-state index contributed by atoms with van der Waals surface area (Å²) in [6.07, 6.45) is -0.343. The summed E-state index contributed by atoms with van der Waals surface area (Å²) in [6.45, 7) is 59.7. The first-order valence-corrected chi connectivity index (χ1v) is 35.4. The van der Waals surface area contributed by atoms with E-state index in [4.69, 9.17) is 61.6 Å². The lowest BCUT2D eigenvalue weighted by atomic mass is 9.82. The predicted octanol–water partition coefficient (Wildman–Crippen LogP) is 11.7. The number of hydrogen-bond acceptors (Lipinski definition) is 29. The van der Waals surface area contributed by atoms with E-state index in [1.165, 1.54) is 62.5 Å². The average molecular weight is 1520 g/mol. The highest BCUT2D eigenvalue weighted by Gasteiger charge is 2.32. The van der Waals surface area contributed by atoms with Crippen LogP contribution in [0.25, 0.3) is 0 Å². The van der Waals surface area contributed by atoms with Crippen LogP contribution in [-0.2, 0) is 138 Å². The van der Waals surface area contributed by atoms with E-state index in [0.717, 1.165) is 32.3 Å². The number of methoxy groups -OCH3 is 1. The zero-order chi connectivity index (χ0) is 83.6. The standard InChI is InChI=1S/C15H26O6.C14H24O6.C13H22O6.C12H22O5.C12H24O3.C10H20O3/c1-9(8-19-12(4)16)20-14(18)11(3)21-13(17)10(2)15(5,6)7;1-9(7-14(4,5)6)19-13(17)10(2)20-12(16)8-18-11(3)15;1-9(19-10(2)14)12(16)18-8-11(15)17-7-6-13(3,4)5;1-9(15-5)11(14)17-8-10(13)16-7-6-12(2,3)4;1-9(7-12(4,5)6)14-8-10(2)15-11(3)13;1-9(11)13-8-7-12-6-5-10(2,3)4/h9-11H,8H2,1-7H3;9-10H,7-8H2,1-6H3;9H,6-8H2,1-5H3;9H,6-8H2,1-5H3;9-10H,7-8H2,1-6H3;5-8H2,1-4H3. The lowest BCUT2D eigenvalue weighted by Gasteiger charge is -2.26. The third kappa shape index (κ3) is 80.9. The summed E-state index contributed by atoms with van der Waals surface area (Å²) in [6, 6.07) is 0. The highest BCUT2D eigenvalue weighted by molar-refractivity contribution is 5.82. The minimum absolute atomic E-state index is 0.0276. The largest absolute Gasteiger partial charge is 0.463 e. The second-order valence-electron chi connectivity index (χ2n) is 32.1. The van der Waals surface area contributed by atoms with Crippen molar-refractivity contribution in [2.24, 2.45) is 38.4 Å². The van der Waals surface area contributed by atoms with Crippen molar-refractivity contribution in [2.75, 3.05) is 73.2 Å². The smallest absolute Gasteiger partial charge is 0.347 e. The van der Waals surface area contributed by atoms with Gasteiger partial charge in [-0.2, -0.15) is 0 Å². The van der Waals surface area contributed by atoms with Gasteiger partial charge in [0.05, 0.1) is 44.6 Å². The van der Waals surface area contributed by atoms with Gasteiger partial charge in [-0.05, 0) is 120 Å². The first-order chi connectivity index (χ1) is 47.4. The minimum atomic E-state index is -1.03. The summed E-state index contributed by atoms with van der Waals surface area (Å²) in [5.74, 6) is -7.47. The minimum Gasteiger partial charge on any atom is -0.463 e. The Bertz CT molecular complexity index is 2530. The molecule has 0 saturated heterocycles. The molecule has 0 rings (SSSR count). The van der Waals surface area contributed by atoms with Crippen LogP contribution in [0.3, 0.4) is 0 Å². The lowest BCUT2D eigenvalue weighted by Crippen LogP contribution is -2.35. The summed E-state index contributed by atoms with van der Waals surface area (Å²) in [5, 5.41) is 0. The van der Waals surface area contributed by atoms with Gasteiger partial charge in [0.15, 0.2) is 44.2 Å². The molecule has 0 aliphatic carbocycles. The quantitative estimate of drug-likeness (QED) is 0.0328. The molecule has 0 saturated carbocycles. The Kier molecular flexibility index (Phi) is 58.4. The van der Waals surface area contributed by atoms with Crippen LogP contribution < -0.4 is 0 Å². The number of hydrogen-bond donors (Lipinski definition) is 0. The van der Waals surface area contributed by atoms with E-state index >= 15 is 0 Å². The third-order valence-corrected chi connectivity index (χ3v) is 13.0. The van der Waals surface area contributed by atoms with Crippen molar-refractivity contribution in [3.05, 3.63) is 0 Å². The Balaban J connectivity index is -0.000000282. The Morgan fingerprint density at radius 1 is 0.286 bits per heavy atom. The molecule has 0 N–H and O–H groups in total. The Morgan fingerprint density at radius 2 is 0.648 bits per heavy atom. The normalized spacial score (nSPS) is 13.8. The van der Waals surface area contributed by atoms with Crippen LogP contribution in [0.2, 0.25) is 0 Å². The number of rotatable bonds is 34. The molecule has 0 aliphatic rings. The molecular formula is C76H138O29. The van der Waals surface area contributed by atoms with E-state index in [2.05, 4.69) is 76.5 Å². The zero-order valence-electron chi connectivity index (χ0n) is 70.1. The van der Waals surface area contributed by atoms with E-state index in [0.29, 0.717) is 38.3 Å². The highest BCUT2D eigenvalue weighted by Crippen LogP contribution is 2.28. The number of ether oxygens (including phenoxy) is 16. The average Bonchev–Trinajstić information content (AvgIpc) is 0.853. The molecule has 105 heavy (non-hydrogen) atoms. The first kappa shape index (κ1) is 109. The van der Waals surface area contributed by atoms with Gasteiger partial charge in [-0.1, -0.05) is 132 Å². The van der Waals surface area contributed by atoms with Crippen molar-refractivity contribution in [3.8, 4) is 0 Å². The number of esters is 13. The number of carbonyl (C=O) groups is 13. The maximum Gasteiger partial charge on any atom is 0.347 e. The molecule has 0 aromatic rings. The van der Waals surface area contributed by atoms with Gasteiger partial charge in [-0.15, -0.1) is 0 Å². The Hall–Kier alpha value is -7.01. The van der Waals surface area contributed by atoms with E-state index in [1.54, 1.807) is 27.7 Å². The Morgan fingerprint density at radius 3 is 1.03 bits per heavy atom. The van der Waals surface area contributed by atoms with E-state index in [1.807, 2.05) is 76.2 Å². The van der Waals surface area contributed by atoms with Gasteiger partial charge < -0.3 is 75.8 Å². The summed E-state index contributed by atoms with van der Waals surface area (Å²) in [4.78, 5) is 144. The van der Waals surface area contributed by atoms with Gasteiger partial charge in [0.2, 0.25) is 0 Å². The molecule has 0 bridgehead atoms. The van der Waals surface area contributed by atoms with Crippen molar-refractivity contribution in [2.45, 2.75) is 302 Å². The predicted molar refractivity (Wildman–Crippen MR) is 390 cm³/mol. The fourth-order valence-electron chi connectivity index (χ4n) is 7.06. The van der Waals surface area contributed by atoms with E-state index in [-0.39, 0.29) is 83.1 Å². The second kappa shape index (κ2) is 56.3. The highest BCUT2D eigenvalue weighted by atomic mass is 16.6. The molecule has 0 fully saturated rings. The van der Waals surface area contributed by atoms with Gasteiger partial charge in [-0.3, -0.25) is 28.8 Å². The van der Waals surface area contributed by atoms with Crippen molar-refractivity contribution in [3.63, 3.8) is 0 Å². The Labute approximate surface area is 627 Å². The van der Waals surface area contributed by atoms with Crippen LogP contribution in [0, 0.1) is 38.4 Å². The molecule has 0 spiro atoms. The van der Waals surface area contributed by atoms with Crippen molar-refractivity contribution >= 4 is 77.6 Å². The summed E-state index contributed by atoms with van der Waals surface area (Å²) in [7, 11) is 1.40. The van der Waals surface area contributed by atoms with Gasteiger partial charge in [0.1, 0.15) is 25.4 Å². The topological polar surface area (TPSA) is 370 Å². The van der Waals surface area contributed by atoms with Gasteiger partial charge in [0, 0.05) is 48.3 Å². The molecule has 9 unspecified atom stereocenters. The van der Waals surface area contributed by atoms with Crippen LogP contribution in [0.1, 0.15) is 254 Å². The molecule has 0 heterocycles. The first-order valence-electron chi connectivity index (χ1n) is 35.4. The monoisotopic (exact) mass is 1510 g/mol. The van der Waals surface area contributed by atoms with Gasteiger partial charge >= 0.3 is 77.6 Å². The molecule has 0 radical (unpaired) electrons. The van der Waals surface area contributed by atoms with Gasteiger partial charge in [0.25, 0.3) is 0 Å². The number of carbonyl (C=O) groups excluding carboxylic acids is 13. The molecule has 0 aromatic carbocycles. The fraction of sp³-hybridized carbons (Fsp3) is 0.829. The summed E-state index contributed by atoms with van der Waals surface area (Å²) < 4.78 is 78.4. The van der Waals surface area contributed by atoms with Crippen LogP contribution in [0.5, 0.6) is 0 Å². The molecule has 616 valence electrons. The maximum absolute atomic E-state index is 11.9. The summed E-state index contributed by atoms with van der Waals surface area (Å²) >= 11 is 0. The van der Waals surface area contributed by atoms with Crippen LogP contribution >= 0.6 is 0 Å². The third-order valence-electron chi connectivity index (χ3n) is 13.0. The molecule has 0 amide bonds. The van der Waals surface area contributed by atoms with Crippen molar-refractivity contribution in [1.29, 1.82) is 0 Å². The molecule has 29 nitrogen and oxygen atoms in total. The van der Waals surface area contributed by atoms with Crippen molar-refractivity contribution < 1.29 is 138 Å². The summed E-state index contributed by atoms with van der Waals surface area (Å²) in [5.41, 5.74) is 0.548. The van der Waals surface area contributed by atoms with Crippen LogP contribution in [-0.4, -0.2) is 200 Å². The molecular weight excluding hydrogens is 1380 g/mol. The lowest BCUT2D eigenvalue weighted by molar-refractivity contribution is -0.175. The molecule has 9 atom stereocenters. The van der Waals surface area contributed by atoms with E-state index < -0.39 is 109 Å². The van der Waals surface area contributed by atoms with E-state index in [9.17, 15) is 62.3 Å². The molecule has 0 aliphatic heterocycles. The van der Waals surface area contributed by atoms with Gasteiger partial charge in [-0.25, -0.2) is 33.6 Å².